The van der Waals surface area contributed by atoms with Crippen molar-refractivity contribution >= 4 is 24.0 Å². The van der Waals surface area contributed by atoms with E-state index in [-0.39, 0.29) is 12.4 Å². The molecule has 0 radical (unpaired) electrons. The Bertz CT molecular complexity index is 308. The first-order valence-corrected chi connectivity index (χ1v) is 5.37. The van der Waals surface area contributed by atoms with Crippen LogP contribution in [-0.4, -0.2) is 16.3 Å². The molecule has 88 valence electrons. The van der Waals surface area contributed by atoms with Gasteiger partial charge in [0.15, 0.2) is 0 Å². The molecule has 3 nitrogen and oxygen atoms in total. The minimum Gasteiger partial charge on any atom is -0.313 e. The number of hydrogen-bond donors (Lipinski definition) is 1. The molecule has 0 atom stereocenters. The molecule has 1 heterocycles. The first kappa shape index (κ1) is 14.8. The van der Waals surface area contributed by atoms with Gasteiger partial charge in [-0.05, 0) is 12.5 Å². The summed E-state index contributed by atoms with van der Waals surface area (Å²) in [4.78, 5) is 0. The Morgan fingerprint density at radius 3 is 2.53 bits per heavy atom. The van der Waals surface area contributed by atoms with E-state index in [4.69, 9.17) is 11.6 Å². The van der Waals surface area contributed by atoms with Gasteiger partial charge < -0.3 is 5.32 Å². The van der Waals surface area contributed by atoms with Gasteiger partial charge in [0.05, 0.1) is 5.69 Å². The maximum Gasteiger partial charge on any atom is 0.131 e. The van der Waals surface area contributed by atoms with Crippen molar-refractivity contribution in [3.63, 3.8) is 0 Å². The third-order valence-electron chi connectivity index (χ3n) is 2.20. The van der Waals surface area contributed by atoms with E-state index in [0.29, 0.717) is 5.92 Å². The molecule has 1 aromatic heterocycles. The van der Waals surface area contributed by atoms with E-state index in [0.717, 1.165) is 29.5 Å². The highest BCUT2D eigenvalue weighted by Crippen LogP contribution is 2.24. The SMILES string of the molecule is CCNCc1c(C(C)C)nn(C)c1Cl.Cl. The van der Waals surface area contributed by atoms with E-state index < -0.39 is 0 Å². The predicted molar refractivity (Wildman–Crippen MR) is 66.9 cm³/mol. The molecular formula is C10H19Cl2N3. The largest absolute Gasteiger partial charge is 0.313 e. The zero-order chi connectivity index (χ0) is 10.7. The van der Waals surface area contributed by atoms with Crippen LogP contribution in [0.1, 0.15) is 37.9 Å². The van der Waals surface area contributed by atoms with Crippen LogP contribution in [-0.2, 0) is 13.6 Å². The second-order valence-electron chi connectivity index (χ2n) is 3.71. The second-order valence-corrected chi connectivity index (χ2v) is 4.07. The van der Waals surface area contributed by atoms with E-state index in [1.165, 1.54) is 0 Å². The average Bonchev–Trinajstić information content (AvgIpc) is 2.41. The molecule has 0 saturated heterocycles. The number of aromatic nitrogens is 2. The minimum absolute atomic E-state index is 0. The smallest absolute Gasteiger partial charge is 0.131 e. The van der Waals surface area contributed by atoms with Gasteiger partial charge in [-0.2, -0.15) is 5.10 Å². The minimum atomic E-state index is 0. The molecule has 0 aliphatic heterocycles. The van der Waals surface area contributed by atoms with Gasteiger partial charge in [0.1, 0.15) is 5.15 Å². The molecular weight excluding hydrogens is 233 g/mol. The van der Waals surface area contributed by atoms with Crippen molar-refractivity contribution in [2.75, 3.05) is 6.54 Å². The van der Waals surface area contributed by atoms with Gasteiger partial charge in [-0.25, -0.2) is 0 Å². The van der Waals surface area contributed by atoms with Gasteiger partial charge >= 0.3 is 0 Å². The van der Waals surface area contributed by atoms with Crippen LogP contribution in [0.25, 0.3) is 0 Å². The molecule has 1 rings (SSSR count). The summed E-state index contributed by atoms with van der Waals surface area (Å²) in [7, 11) is 1.88. The number of nitrogens with one attached hydrogen (secondary N) is 1. The normalized spacial score (nSPS) is 10.5. The van der Waals surface area contributed by atoms with E-state index >= 15 is 0 Å². The van der Waals surface area contributed by atoms with Crippen LogP contribution in [0.2, 0.25) is 5.15 Å². The Kier molecular flexibility index (Phi) is 6.25. The first-order valence-electron chi connectivity index (χ1n) is 4.99. The summed E-state index contributed by atoms with van der Waals surface area (Å²) in [6, 6.07) is 0. The van der Waals surface area contributed by atoms with Crippen LogP contribution in [0.4, 0.5) is 0 Å². The van der Waals surface area contributed by atoms with E-state index in [1.807, 2.05) is 7.05 Å². The number of hydrogen-bond acceptors (Lipinski definition) is 2. The Hall–Kier alpha value is -0.250. The Morgan fingerprint density at radius 1 is 1.47 bits per heavy atom. The maximum absolute atomic E-state index is 6.15. The lowest BCUT2D eigenvalue weighted by atomic mass is 10.1. The summed E-state index contributed by atoms with van der Waals surface area (Å²) >= 11 is 6.15. The quantitative estimate of drug-likeness (QED) is 0.892. The Morgan fingerprint density at radius 2 is 2.07 bits per heavy atom. The maximum atomic E-state index is 6.15. The summed E-state index contributed by atoms with van der Waals surface area (Å²) in [6.45, 7) is 8.10. The molecule has 5 heteroatoms. The molecule has 1 aromatic rings. The molecule has 0 bridgehead atoms. The van der Waals surface area contributed by atoms with Crippen molar-refractivity contribution < 1.29 is 0 Å². The Balaban J connectivity index is 0.00000196. The van der Waals surface area contributed by atoms with Crippen molar-refractivity contribution in [1.29, 1.82) is 0 Å². The lowest BCUT2D eigenvalue weighted by molar-refractivity contribution is 0.698. The summed E-state index contributed by atoms with van der Waals surface area (Å²) in [5.74, 6) is 0.419. The zero-order valence-corrected chi connectivity index (χ0v) is 11.2. The molecule has 1 N–H and O–H groups in total. The lowest BCUT2D eigenvalue weighted by Crippen LogP contribution is -2.13. The summed E-state index contributed by atoms with van der Waals surface area (Å²) < 4.78 is 1.74. The van der Waals surface area contributed by atoms with Crippen molar-refractivity contribution in [2.45, 2.75) is 33.2 Å². The lowest BCUT2D eigenvalue weighted by Gasteiger charge is -2.05. The van der Waals surface area contributed by atoms with Gasteiger partial charge in [-0.3, -0.25) is 4.68 Å². The highest BCUT2D eigenvalue weighted by Gasteiger charge is 2.16. The average molecular weight is 252 g/mol. The van der Waals surface area contributed by atoms with E-state index in [9.17, 15) is 0 Å². The standard InChI is InChI=1S/C10H18ClN3.ClH/c1-5-12-6-8-9(7(2)3)13-14(4)10(8)11;/h7,12H,5-6H2,1-4H3;1H. The summed E-state index contributed by atoms with van der Waals surface area (Å²) in [6.07, 6.45) is 0. The van der Waals surface area contributed by atoms with Crippen LogP contribution < -0.4 is 5.32 Å². The third kappa shape index (κ3) is 3.37. The molecule has 0 saturated carbocycles. The van der Waals surface area contributed by atoms with Crippen molar-refractivity contribution in [2.24, 2.45) is 7.05 Å². The third-order valence-corrected chi connectivity index (χ3v) is 2.67. The van der Waals surface area contributed by atoms with Gasteiger partial charge in [0.25, 0.3) is 0 Å². The molecule has 0 unspecified atom stereocenters. The number of nitrogens with zero attached hydrogens (tertiary/aromatic N) is 2. The van der Waals surface area contributed by atoms with Crippen LogP contribution in [0.5, 0.6) is 0 Å². The van der Waals surface area contributed by atoms with Crippen molar-refractivity contribution in [1.82, 2.24) is 15.1 Å². The molecule has 0 aromatic carbocycles. The van der Waals surface area contributed by atoms with E-state index in [1.54, 1.807) is 4.68 Å². The fourth-order valence-electron chi connectivity index (χ4n) is 1.44. The van der Waals surface area contributed by atoms with Crippen LogP contribution in [0.15, 0.2) is 0 Å². The zero-order valence-electron chi connectivity index (χ0n) is 9.67. The number of aryl methyl sites for hydroxylation is 1. The van der Waals surface area contributed by atoms with Crippen LogP contribution in [0, 0.1) is 0 Å². The molecule has 0 fully saturated rings. The fourth-order valence-corrected chi connectivity index (χ4v) is 1.65. The molecule has 0 spiro atoms. The fraction of sp³-hybridized carbons (Fsp3) is 0.700. The van der Waals surface area contributed by atoms with Crippen LogP contribution in [0.3, 0.4) is 0 Å². The number of rotatable bonds is 4. The van der Waals surface area contributed by atoms with Crippen LogP contribution >= 0.6 is 24.0 Å². The highest BCUT2D eigenvalue weighted by atomic mass is 35.5. The topological polar surface area (TPSA) is 29.9 Å². The molecule has 0 aliphatic rings. The van der Waals surface area contributed by atoms with Crippen molar-refractivity contribution in [3.05, 3.63) is 16.4 Å². The van der Waals surface area contributed by atoms with Gasteiger partial charge in [0.2, 0.25) is 0 Å². The molecule has 15 heavy (non-hydrogen) atoms. The van der Waals surface area contributed by atoms with Gasteiger partial charge in [-0.15, -0.1) is 12.4 Å². The summed E-state index contributed by atoms with van der Waals surface area (Å²) in [5.41, 5.74) is 2.23. The molecule has 0 aliphatic carbocycles. The molecule has 0 amide bonds. The van der Waals surface area contributed by atoms with Gasteiger partial charge in [-0.1, -0.05) is 32.4 Å². The van der Waals surface area contributed by atoms with Crippen molar-refractivity contribution in [3.8, 4) is 0 Å². The van der Waals surface area contributed by atoms with E-state index in [2.05, 4.69) is 31.2 Å². The first-order chi connectivity index (χ1) is 6.57. The Labute approximate surface area is 103 Å². The number of halogens is 2. The summed E-state index contributed by atoms with van der Waals surface area (Å²) in [5, 5.41) is 8.43. The highest BCUT2D eigenvalue weighted by molar-refractivity contribution is 6.30. The van der Waals surface area contributed by atoms with Gasteiger partial charge in [0, 0.05) is 19.2 Å². The monoisotopic (exact) mass is 251 g/mol. The second kappa shape index (κ2) is 6.36. The predicted octanol–water partition coefficient (Wildman–Crippen LogP) is 2.73.